The first-order valence-corrected chi connectivity index (χ1v) is 5.24. The minimum absolute atomic E-state index is 0.00720. The first-order valence-electron chi connectivity index (χ1n) is 5.24. The van der Waals surface area contributed by atoms with Gasteiger partial charge in [-0.2, -0.15) is 0 Å². The van der Waals surface area contributed by atoms with Gasteiger partial charge in [0, 0.05) is 17.8 Å². The molecule has 1 aromatic rings. The number of benzene rings is 1. The third-order valence-corrected chi connectivity index (χ3v) is 2.54. The Morgan fingerprint density at radius 1 is 1.44 bits per heavy atom. The normalized spacial score (nSPS) is 15.8. The molecule has 0 aliphatic carbocycles. The van der Waals surface area contributed by atoms with Crippen LogP contribution >= 0.6 is 0 Å². The third-order valence-electron chi connectivity index (χ3n) is 2.54. The van der Waals surface area contributed by atoms with E-state index in [1.54, 1.807) is 29.2 Å². The molecule has 1 heterocycles. The van der Waals surface area contributed by atoms with Crippen LogP contribution in [0.5, 0.6) is 0 Å². The van der Waals surface area contributed by atoms with Crippen LogP contribution in [-0.2, 0) is 4.74 Å². The molecule has 0 N–H and O–H groups in total. The Balaban J connectivity index is 2.28. The van der Waals surface area contributed by atoms with E-state index >= 15 is 0 Å². The molecule has 1 aliphatic heterocycles. The molecule has 4 heteroatoms. The summed E-state index contributed by atoms with van der Waals surface area (Å²) >= 11 is 0. The summed E-state index contributed by atoms with van der Waals surface area (Å²) in [6, 6.07) is 7.03. The average Bonchev–Trinajstić information content (AvgIpc) is 2.30. The highest BCUT2D eigenvalue weighted by molar-refractivity contribution is 5.96. The highest BCUT2D eigenvalue weighted by atomic mass is 16.6. The van der Waals surface area contributed by atoms with Crippen molar-refractivity contribution in [1.82, 2.24) is 0 Å². The van der Waals surface area contributed by atoms with Gasteiger partial charge in [0.15, 0.2) is 5.78 Å². The van der Waals surface area contributed by atoms with Crippen molar-refractivity contribution in [2.75, 3.05) is 18.1 Å². The van der Waals surface area contributed by atoms with Crippen LogP contribution < -0.4 is 4.90 Å². The minimum Gasteiger partial charge on any atom is -0.449 e. The van der Waals surface area contributed by atoms with E-state index in [4.69, 9.17) is 4.74 Å². The molecular weight excluding hydrogens is 206 g/mol. The number of amides is 1. The highest BCUT2D eigenvalue weighted by Gasteiger charge is 2.21. The van der Waals surface area contributed by atoms with Gasteiger partial charge in [-0.25, -0.2) is 4.79 Å². The number of anilines is 1. The van der Waals surface area contributed by atoms with Gasteiger partial charge >= 0.3 is 6.09 Å². The molecule has 16 heavy (non-hydrogen) atoms. The van der Waals surface area contributed by atoms with E-state index in [0.717, 1.165) is 12.1 Å². The molecular formula is C12H13NO3. The zero-order chi connectivity index (χ0) is 11.5. The van der Waals surface area contributed by atoms with Gasteiger partial charge in [0.25, 0.3) is 0 Å². The maximum atomic E-state index is 11.5. The van der Waals surface area contributed by atoms with Crippen LogP contribution in [-0.4, -0.2) is 25.0 Å². The fourth-order valence-corrected chi connectivity index (χ4v) is 1.68. The lowest BCUT2D eigenvalue weighted by Crippen LogP contribution is -2.37. The van der Waals surface area contributed by atoms with Crippen LogP contribution in [0.1, 0.15) is 23.7 Å². The van der Waals surface area contributed by atoms with Gasteiger partial charge in [0.2, 0.25) is 0 Å². The van der Waals surface area contributed by atoms with E-state index in [-0.39, 0.29) is 11.9 Å². The zero-order valence-electron chi connectivity index (χ0n) is 9.10. The summed E-state index contributed by atoms with van der Waals surface area (Å²) < 4.78 is 4.95. The predicted molar refractivity (Wildman–Crippen MR) is 59.8 cm³/mol. The van der Waals surface area contributed by atoms with Gasteiger partial charge in [-0.3, -0.25) is 9.69 Å². The highest BCUT2D eigenvalue weighted by Crippen LogP contribution is 2.20. The van der Waals surface area contributed by atoms with E-state index in [1.165, 1.54) is 6.92 Å². The number of carbonyl (C=O) groups is 2. The van der Waals surface area contributed by atoms with Crippen molar-refractivity contribution in [3.63, 3.8) is 0 Å². The lowest BCUT2D eigenvalue weighted by molar-refractivity contribution is 0.101. The van der Waals surface area contributed by atoms with Gasteiger partial charge in [-0.05, 0) is 25.5 Å². The number of hydrogen-bond donors (Lipinski definition) is 0. The molecule has 2 rings (SSSR count). The molecule has 0 unspecified atom stereocenters. The van der Waals surface area contributed by atoms with E-state index < -0.39 is 0 Å². The Bertz CT molecular complexity index is 428. The molecule has 0 bridgehead atoms. The number of cyclic esters (lactones) is 1. The molecule has 1 aliphatic rings. The molecule has 0 atom stereocenters. The lowest BCUT2D eigenvalue weighted by Gasteiger charge is -2.26. The lowest BCUT2D eigenvalue weighted by atomic mass is 10.1. The standard InChI is InChI=1S/C12H13NO3/c1-9(14)10-4-2-5-11(8-10)13-6-3-7-16-12(13)15/h2,4-5,8H,3,6-7H2,1H3. The maximum Gasteiger partial charge on any atom is 0.414 e. The second-order valence-electron chi connectivity index (χ2n) is 3.73. The number of carbonyl (C=O) groups excluding carboxylic acids is 2. The van der Waals surface area contributed by atoms with Crippen LogP contribution in [0.15, 0.2) is 24.3 Å². The third kappa shape index (κ3) is 2.05. The van der Waals surface area contributed by atoms with E-state index in [2.05, 4.69) is 0 Å². The number of ketones is 1. The second kappa shape index (κ2) is 4.35. The molecule has 84 valence electrons. The summed E-state index contributed by atoms with van der Waals surface area (Å²) in [5.74, 6) is -0.00720. The Morgan fingerprint density at radius 3 is 2.94 bits per heavy atom. The van der Waals surface area contributed by atoms with Crippen molar-refractivity contribution in [2.24, 2.45) is 0 Å². The Kier molecular flexibility index (Phi) is 2.90. The first-order chi connectivity index (χ1) is 7.68. The van der Waals surface area contributed by atoms with Gasteiger partial charge in [-0.1, -0.05) is 12.1 Å². The SMILES string of the molecule is CC(=O)c1cccc(N2CCCOC2=O)c1. The monoisotopic (exact) mass is 219 g/mol. The number of nitrogens with zero attached hydrogens (tertiary/aromatic N) is 1. The van der Waals surface area contributed by atoms with Crippen molar-refractivity contribution in [2.45, 2.75) is 13.3 Å². The minimum atomic E-state index is -0.341. The molecule has 4 nitrogen and oxygen atoms in total. The summed E-state index contributed by atoms with van der Waals surface area (Å²) in [5, 5.41) is 0. The second-order valence-corrected chi connectivity index (χ2v) is 3.73. The van der Waals surface area contributed by atoms with Crippen molar-refractivity contribution < 1.29 is 14.3 Å². The van der Waals surface area contributed by atoms with Crippen LogP contribution in [0.25, 0.3) is 0 Å². The average molecular weight is 219 g/mol. The summed E-state index contributed by atoms with van der Waals surface area (Å²) in [7, 11) is 0. The topological polar surface area (TPSA) is 46.6 Å². The van der Waals surface area contributed by atoms with Crippen LogP contribution in [0, 0.1) is 0 Å². The van der Waals surface area contributed by atoms with Gasteiger partial charge < -0.3 is 4.74 Å². The number of hydrogen-bond acceptors (Lipinski definition) is 3. The molecule has 1 saturated heterocycles. The molecule has 0 spiro atoms. The Labute approximate surface area is 93.8 Å². The molecule has 1 aromatic carbocycles. The Hall–Kier alpha value is -1.84. The summed E-state index contributed by atoms with van der Waals surface area (Å²) in [4.78, 5) is 24.3. The molecule has 1 fully saturated rings. The van der Waals surface area contributed by atoms with Gasteiger partial charge in [0.05, 0.1) is 6.61 Å². The van der Waals surface area contributed by atoms with Crippen molar-refractivity contribution in [3.05, 3.63) is 29.8 Å². The fraction of sp³-hybridized carbons (Fsp3) is 0.333. The zero-order valence-corrected chi connectivity index (χ0v) is 9.10. The maximum absolute atomic E-state index is 11.5. The van der Waals surface area contributed by atoms with Crippen LogP contribution in [0.4, 0.5) is 10.5 Å². The van der Waals surface area contributed by atoms with Gasteiger partial charge in [-0.15, -0.1) is 0 Å². The summed E-state index contributed by atoms with van der Waals surface area (Å²) in [6.45, 7) is 2.62. The van der Waals surface area contributed by atoms with Crippen molar-refractivity contribution in [3.8, 4) is 0 Å². The van der Waals surface area contributed by atoms with Gasteiger partial charge in [0.1, 0.15) is 0 Å². The Morgan fingerprint density at radius 2 is 2.25 bits per heavy atom. The summed E-state index contributed by atoms with van der Waals surface area (Å²) in [6.07, 6.45) is 0.475. The van der Waals surface area contributed by atoms with Crippen LogP contribution in [0.3, 0.4) is 0 Å². The number of Topliss-reactive ketones (excluding diaryl/α,β-unsaturated/α-hetero) is 1. The molecule has 0 aromatic heterocycles. The van der Waals surface area contributed by atoms with E-state index in [1.807, 2.05) is 0 Å². The number of ether oxygens (including phenoxy) is 1. The van der Waals surface area contributed by atoms with E-state index in [0.29, 0.717) is 18.7 Å². The largest absolute Gasteiger partial charge is 0.449 e. The van der Waals surface area contributed by atoms with Crippen LogP contribution in [0.2, 0.25) is 0 Å². The fourth-order valence-electron chi connectivity index (χ4n) is 1.68. The molecule has 0 saturated carbocycles. The number of rotatable bonds is 2. The molecule has 0 radical (unpaired) electrons. The summed E-state index contributed by atoms with van der Waals surface area (Å²) in [5.41, 5.74) is 1.33. The van der Waals surface area contributed by atoms with Crippen molar-refractivity contribution >= 4 is 17.6 Å². The first kappa shape index (κ1) is 10.7. The predicted octanol–water partition coefficient (Wildman–Crippen LogP) is 2.24. The smallest absolute Gasteiger partial charge is 0.414 e. The quantitative estimate of drug-likeness (QED) is 0.716. The molecule has 1 amide bonds. The van der Waals surface area contributed by atoms with Crippen molar-refractivity contribution in [1.29, 1.82) is 0 Å². The van der Waals surface area contributed by atoms with E-state index in [9.17, 15) is 9.59 Å².